The van der Waals surface area contributed by atoms with E-state index in [1.165, 1.54) is 0 Å². The molecule has 2 aromatic carbocycles. The maximum Gasteiger partial charge on any atom is 0.421 e. The van der Waals surface area contributed by atoms with Gasteiger partial charge in [0.15, 0.2) is 0 Å². The quantitative estimate of drug-likeness (QED) is 0.346. The molecular formula is C25H27F3N4O2. The van der Waals surface area contributed by atoms with E-state index < -0.39 is 11.7 Å². The molecule has 1 aliphatic carbocycles. The van der Waals surface area contributed by atoms with Crippen molar-refractivity contribution in [2.45, 2.75) is 51.3 Å². The highest BCUT2D eigenvalue weighted by Gasteiger charge is 2.35. The van der Waals surface area contributed by atoms with E-state index in [1.807, 2.05) is 6.92 Å². The molecule has 0 saturated heterocycles. The summed E-state index contributed by atoms with van der Waals surface area (Å²) >= 11 is 0. The van der Waals surface area contributed by atoms with Gasteiger partial charge in [-0.2, -0.15) is 18.2 Å². The Labute approximate surface area is 196 Å². The lowest BCUT2D eigenvalue weighted by Gasteiger charge is -2.19. The molecule has 3 aromatic rings. The van der Waals surface area contributed by atoms with Gasteiger partial charge in [0, 0.05) is 11.9 Å². The predicted molar refractivity (Wildman–Crippen MR) is 125 cm³/mol. The molecule has 1 aromatic heterocycles. The summed E-state index contributed by atoms with van der Waals surface area (Å²) in [5.74, 6) is 0.891. The second-order valence-corrected chi connectivity index (χ2v) is 8.10. The lowest BCUT2D eigenvalue weighted by Crippen LogP contribution is -2.14. The standard InChI is InChI=1S/C25H27F3N4O2/c1-2-15-33-18-13-11-17(12-14-18)30-24-29-16-20(25(26,27)28)23(32-24)31-21-9-5-6-10-22(21)34-19-7-3-4-8-19/h5-6,9-14,16,19H,2-4,7-8,15H2,1H3,(H2,29,30,31,32). The molecule has 0 aliphatic heterocycles. The van der Waals surface area contributed by atoms with Gasteiger partial charge in [-0.05, 0) is 68.5 Å². The summed E-state index contributed by atoms with van der Waals surface area (Å²) in [7, 11) is 0. The highest BCUT2D eigenvalue weighted by Crippen LogP contribution is 2.38. The number of ether oxygens (including phenoxy) is 2. The van der Waals surface area contributed by atoms with Gasteiger partial charge in [0.25, 0.3) is 0 Å². The molecule has 2 N–H and O–H groups in total. The second-order valence-electron chi connectivity index (χ2n) is 8.10. The summed E-state index contributed by atoms with van der Waals surface area (Å²) in [6.45, 7) is 2.62. The van der Waals surface area contributed by atoms with Crippen LogP contribution in [0.1, 0.15) is 44.6 Å². The number of nitrogens with one attached hydrogen (secondary N) is 2. The van der Waals surface area contributed by atoms with E-state index in [4.69, 9.17) is 9.47 Å². The molecule has 1 saturated carbocycles. The van der Waals surface area contributed by atoms with Gasteiger partial charge >= 0.3 is 6.18 Å². The van der Waals surface area contributed by atoms with E-state index in [9.17, 15) is 13.2 Å². The zero-order chi connectivity index (χ0) is 24.0. The third-order valence-corrected chi connectivity index (χ3v) is 5.41. The van der Waals surface area contributed by atoms with Crippen LogP contribution in [0.5, 0.6) is 11.5 Å². The average molecular weight is 473 g/mol. The van der Waals surface area contributed by atoms with Crippen molar-refractivity contribution in [2.75, 3.05) is 17.2 Å². The largest absolute Gasteiger partial charge is 0.494 e. The Balaban J connectivity index is 1.57. The fraction of sp³-hybridized carbons (Fsp3) is 0.360. The number of halogens is 3. The first-order chi connectivity index (χ1) is 16.4. The highest BCUT2D eigenvalue weighted by atomic mass is 19.4. The molecule has 6 nitrogen and oxygen atoms in total. The molecule has 4 rings (SSSR count). The number of hydrogen-bond acceptors (Lipinski definition) is 6. The molecule has 0 bridgehead atoms. The second kappa shape index (κ2) is 10.6. The van der Waals surface area contributed by atoms with E-state index in [-0.39, 0.29) is 17.9 Å². The van der Waals surface area contributed by atoms with Gasteiger partial charge in [0.2, 0.25) is 5.95 Å². The molecule has 9 heteroatoms. The summed E-state index contributed by atoms with van der Waals surface area (Å²) in [6.07, 6.45) is 1.16. The third-order valence-electron chi connectivity index (χ3n) is 5.41. The molecule has 34 heavy (non-hydrogen) atoms. The maximum atomic E-state index is 13.7. The minimum atomic E-state index is -4.62. The fourth-order valence-electron chi connectivity index (χ4n) is 3.71. The number of nitrogens with zero attached hydrogens (tertiary/aromatic N) is 2. The number of para-hydroxylation sites is 2. The summed E-state index contributed by atoms with van der Waals surface area (Å²) in [6, 6.07) is 14.0. The van der Waals surface area contributed by atoms with E-state index >= 15 is 0 Å². The number of alkyl halides is 3. The minimum absolute atomic E-state index is 0.0342. The SMILES string of the molecule is CCCOc1ccc(Nc2ncc(C(F)(F)F)c(Nc3ccccc3OC3CCCC3)n2)cc1. The predicted octanol–water partition coefficient (Wildman–Crippen LogP) is 7.09. The van der Waals surface area contributed by atoms with Crippen LogP contribution in [-0.2, 0) is 6.18 Å². The Morgan fingerprint density at radius 1 is 1.00 bits per heavy atom. The molecule has 0 radical (unpaired) electrons. The van der Waals surface area contributed by atoms with Crippen molar-refractivity contribution in [2.24, 2.45) is 0 Å². The van der Waals surface area contributed by atoms with Crippen LogP contribution in [0.2, 0.25) is 0 Å². The fourth-order valence-corrected chi connectivity index (χ4v) is 3.71. The molecule has 1 fully saturated rings. The molecule has 0 amide bonds. The number of benzene rings is 2. The van der Waals surface area contributed by atoms with Crippen LogP contribution in [-0.4, -0.2) is 22.7 Å². The van der Waals surface area contributed by atoms with Crippen LogP contribution in [0.3, 0.4) is 0 Å². The van der Waals surface area contributed by atoms with Gasteiger partial charge in [-0.15, -0.1) is 0 Å². The summed E-state index contributed by atoms with van der Waals surface area (Å²) in [5, 5.41) is 5.77. The molecule has 180 valence electrons. The Bertz CT molecular complexity index is 1080. The molecular weight excluding hydrogens is 445 g/mol. The van der Waals surface area contributed by atoms with Crippen LogP contribution in [0.15, 0.2) is 54.7 Å². The number of hydrogen-bond donors (Lipinski definition) is 2. The maximum absolute atomic E-state index is 13.7. The molecule has 1 heterocycles. The number of aromatic nitrogens is 2. The monoisotopic (exact) mass is 472 g/mol. The highest BCUT2D eigenvalue weighted by molar-refractivity contribution is 5.67. The Kier molecular flexibility index (Phi) is 7.40. The van der Waals surface area contributed by atoms with Crippen molar-refractivity contribution in [3.63, 3.8) is 0 Å². The van der Waals surface area contributed by atoms with Crippen molar-refractivity contribution in [3.8, 4) is 11.5 Å². The Morgan fingerprint density at radius 2 is 1.74 bits per heavy atom. The van der Waals surface area contributed by atoms with Crippen LogP contribution < -0.4 is 20.1 Å². The van der Waals surface area contributed by atoms with Crippen molar-refractivity contribution >= 4 is 23.1 Å². The molecule has 0 atom stereocenters. The van der Waals surface area contributed by atoms with E-state index in [0.29, 0.717) is 29.5 Å². The van der Waals surface area contributed by atoms with Crippen LogP contribution in [0, 0.1) is 0 Å². The molecule has 0 unspecified atom stereocenters. The smallest absolute Gasteiger partial charge is 0.421 e. The van der Waals surface area contributed by atoms with Crippen LogP contribution in [0.25, 0.3) is 0 Å². The Hall–Kier alpha value is -3.49. The number of anilines is 4. The third kappa shape index (κ3) is 6.09. The van der Waals surface area contributed by atoms with Gasteiger partial charge in [-0.3, -0.25) is 0 Å². The van der Waals surface area contributed by atoms with Gasteiger partial charge in [-0.25, -0.2) is 4.98 Å². The summed E-state index contributed by atoms with van der Waals surface area (Å²) in [4.78, 5) is 8.01. The first kappa shape index (κ1) is 23.7. The first-order valence-corrected chi connectivity index (χ1v) is 11.4. The molecule has 1 aliphatic rings. The van der Waals surface area contributed by atoms with Gasteiger partial charge < -0.3 is 20.1 Å². The van der Waals surface area contributed by atoms with Crippen molar-refractivity contribution < 1.29 is 22.6 Å². The van der Waals surface area contributed by atoms with Gasteiger partial charge in [0.1, 0.15) is 22.9 Å². The van der Waals surface area contributed by atoms with E-state index in [1.54, 1.807) is 48.5 Å². The zero-order valence-electron chi connectivity index (χ0n) is 18.9. The van der Waals surface area contributed by atoms with Gasteiger partial charge in [0.05, 0.1) is 18.4 Å². The van der Waals surface area contributed by atoms with Crippen LogP contribution in [0.4, 0.5) is 36.3 Å². The first-order valence-electron chi connectivity index (χ1n) is 11.4. The average Bonchev–Trinajstić information content (AvgIpc) is 3.32. The van der Waals surface area contributed by atoms with Gasteiger partial charge in [-0.1, -0.05) is 19.1 Å². The van der Waals surface area contributed by atoms with Crippen molar-refractivity contribution in [1.82, 2.24) is 9.97 Å². The topological polar surface area (TPSA) is 68.3 Å². The minimum Gasteiger partial charge on any atom is -0.494 e. The summed E-state index contributed by atoms with van der Waals surface area (Å²) in [5.41, 5.74) is 0.0820. The molecule has 0 spiro atoms. The normalized spacial score (nSPS) is 14.1. The van der Waals surface area contributed by atoms with Crippen molar-refractivity contribution in [3.05, 3.63) is 60.3 Å². The number of rotatable bonds is 9. The van der Waals surface area contributed by atoms with Crippen molar-refractivity contribution in [1.29, 1.82) is 0 Å². The van der Waals surface area contributed by atoms with E-state index in [2.05, 4.69) is 20.6 Å². The lowest BCUT2D eigenvalue weighted by atomic mass is 10.2. The van der Waals surface area contributed by atoms with Crippen LogP contribution >= 0.6 is 0 Å². The summed E-state index contributed by atoms with van der Waals surface area (Å²) < 4.78 is 52.7. The van der Waals surface area contributed by atoms with E-state index in [0.717, 1.165) is 38.3 Å². The Morgan fingerprint density at radius 3 is 2.44 bits per heavy atom. The zero-order valence-corrected chi connectivity index (χ0v) is 18.9. The lowest BCUT2D eigenvalue weighted by molar-refractivity contribution is -0.137.